The van der Waals surface area contributed by atoms with Crippen molar-refractivity contribution in [3.63, 3.8) is 0 Å². The van der Waals surface area contributed by atoms with Crippen LogP contribution in [0.1, 0.15) is 15.9 Å². The highest BCUT2D eigenvalue weighted by Gasteiger charge is 2.06. The van der Waals surface area contributed by atoms with Crippen molar-refractivity contribution in [3.05, 3.63) is 59.9 Å². The van der Waals surface area contributed by atoms with Gasteiger partial charge in [0.25, 0.3) is 5.91 Å². The van der Waals surface area contributed by atoms with E-state index < -0.39 is 0 Å². The summed E-state index contributed by atoms with van der Waals surface area (Å²) in [7, 11) is 0. The minimum atomic E-state index is -0.246. The topological polar surface area (TPSA) is 101 Å². The lowest BCUT2D eigenvalue weighted by atomic mass is 10.2. The fraction of sp³-hybridized carbons (Fsp3) is 0. The number of carbonyl (C=O) groups is 1. The van der Waals surface area contributed by atoms with Gasteiger partial charge >= 0.3 is 0 Å². The van der Waals surface area contributed by atoms with Crippen molar-refractivity contribution in [2.75, 3.05) is 5.32 Å². The molecule has 19 heavy (non-hydrogen) atoms. The van der Waals surface area contributed by atoms with Gasteiger partial charge in [-0.15, -0.1) is 0 Å². The SMILES string of the molecule is NC(=NO)c1ccc(NC(=O)c2cccnc2)cc1. The molecule has 96 valence electrons. The van der Waals surface area contributed by atoms with E-state index in [2.05, 4.69) is 15.5 Å². The molecule has 0 aliphatic heterocycles. The number of amides is 1. The largest absolute Gasteiger partial charge is 0.409 e. The third-order valence-electron chi connectivity index (χ3n) is 2.47. The molecule has 0 radical (unpaired) electrons. The zero-order chi connectivity index (χ0) is 13.7. The van der Waals surface area contributed by atoms with Gasteiger partial charge in [0.15, 0.2) is 5.84 Å². The molecule has 0 spiro atoms. The molecule has 0 saturated heterocycles. The molecule has 1 aromatic heterocycles. The van der Waals surface area contributed by atoms with Crippen LogP contribution in [0.25, 0.3) is 0 Å². The number of hydrogen-bond acceptors (Lipinski definition) is 4. The molecular weight excluding hydrogens is 244 g/mol. The number of nitrogens with one attached hydrogen (secondary N) is 1. The number of rotatable bonds is 3. The summed E-state index contributed by atoms with van der Waals surface area (Å²) in [5, 5.41) is 14.2. The van der Waals surface area contributed by atoms with Crippen LogP contribution in [0.2, 0.25) is 0 Å². The zero-order valence-electron chi connectivity index (χ0n) is 9.95. The number of hydrogen-bond donors (Lipinski definition) is 3. The van der Waals surface area contributed by atoms with E-state index in [1.54, 1.807) is 42.6 Å². The number of nitrogens with zero attached hydrogens (tertiary/aromatic N) is 2. The van der Waals surface area contributed by atoms with Crippen molar-refractivity contribution in [3.8, 4) is 0 Å². The molecule has 0 fully saturated rings. The van der Waals surface area contributed by atoms with Gasteiger partial charge in [-0.1, -0.05) is 5.16 Å². The second-order valence-corrected chi connectivity index (χ2v) is 3.76. The Morgan fingerprint density at radius 2 is 1.95 bits per heavy atom. The van der Waals surface area contributed by atoms with Crippen LogP contribution in [-0.4, -0.2) is 21.9 Å². The first-order chi connectivity index (χ1) is 9.20. The van der Waals surface area contributed by atoms with E-state index in [0.29, 0.717) is 16.8 Å². The predicted octanol–water partition coefficient (Wildman–Crippen LogP) is 1.43. The Labute approximate surface area is 109 Å². The first-order valence-electron chi connectivity index (χ1n) is 5.50. The maximum Gasteiger partial charge on any atom is 0.257 e. The first kappa shape index (κ1) is 12.6. The quantitative estimate of drug-likeness (QED) is 0.334. The third kappa shape index (κ3) is 3.06. The van der Waals surface area contributed by atoms with Gasteiger partial charge in [-0.05, 0) is 36.4 Å². The van der Waals surface area contributed by atoms with Crippen molar-refractivity contribution in [2.24, 2.45) is 10.9 Å². The minimum Gasteiger partial charge on any atom is -0.409 e. The maximum atomic E-state index is 11.8. The summed E-state index contributed by atoms with van der Waals surface area (Å²) >= 11 is 0. The summed E-state index contributed by atoms with van der Waals surface area (Å²) in [6, 6.07) is 9.99. The second-order valence-electron chi connectivity index (χ2n) is 3.76. The summed E-state index contributed by atoms with van der Waals surface area (Å²) in [5.74, 6) is -0.227. The Bertz CT molecular complexity index is 594. The molecule has 6 nitrogen and oxygen atoms in total. The van der Waals surface area contributed by atoms with Gasteiger partial charge < -0.3 is 16.3 Å². The molecule has 0 unspecified atom stereocenters. The molecule has 4 N–H and O–H groups in total. The van der Waals surface area contributed by atoms with E-state index in [4.69, 9.17) is 10.9 Å². The normalized spacial score (nSPS) is 11.1. The monoisotopic (exact) mass is 256 g/mol. The van der Waals surface area contributed by atoms with Crippen LogP contribution < -0.4 is 11.1 Å². The van der Waals surface area contributed by atoms with Crippen molar-refractivity contribution in [1.29, 1.82) is 0 Å². The summed E-state index contributed by atoms with van der Waals surface area (Å²) in [5.41, 5.74) is 7.10. The number of pyridine rings is 1. The van der Waals surface area contributed by atoms with Gasteiger partial charge in [0.1, 0.15) is 0 Å². The van der Waals surface area contributed by atoms with Crippen molar-refractivity contribution < 1.29 is 10.0 Å². The standard InChI is InChI=1S/C13H12N4O2/c14-12(17-19)9-3-5-11(6-4-9)16-13(18)10-2-1-7-15-8-10/h1-8,19H,(H2,14,17)(H,16,18). The smallest absolute Gasteiger partial charge is 0.257 e. The predicted molar refractivity (Wildman–Crippen MR) is 71.1 cm³/mol. The highest BCUT2D eigenvalue weighted by atomic mass is 16.4. The Morgan fingerprint density at radius 3 is 2.53 bits per heavy atom. The average Bonchev–Trinajstić information content (AvgIpc) is 2.48. The van der Waals surface area contributed by atoms with Gasteiger partial charge in [-0.3, -0.25) is 9.78 Å². The Kier molecular flexibility index (Phi) is 3.72. The number of benzene rings is 1. The van der Waals surface area contributed by atoms with E-state index in [0.717, 1.165) is 0 Å². The molecule has 0 saturated carbocycles. The number of oxime groups is 1. The van der Waals surface area contributed by atoms with Crippen molar-refractivity contribution >= 4 is 17.4 Å². The van der Waals surface area contributed by atoms with Crippen LogP contribution in [0, 0.1) is 0 Å². The fourth-order valence-corrected chi connectivity index (χ4v) is 1.48. The Hall–Kier alpha value is -2.89. The van der Waals surface area contributed by atoms with Crippen LogP contribution in [0.4, 0.5) is 5.69 Å². The third-order valence-corrected chi connectivity index (χ3v) is 2.47. The molecule has 1 heterocycles. The van der Waals surface area contributed by atoms with Crippen LogP contribution in [0.3, 0.4) is 0 Å². The van der Waals surface area contributed by atoms with Crippen molar-refractivity contribution in [1.82, 2.24) is 4.98 Å². The van der Waals surface area contributed by atoms with E-state index in [1.165, 1.54) is 6.20 Å². The molecule has 2 aromatic rings. The van der Waals surface area contributed by atoms with Crippen LogP contribution in [0.15, 0.2) is 53.9 Å². The van der Waals surface area contributed by atoms with E-state index in [9.17, 15) is 4.79 Å². The molecule has 0 aliphatic carbocycles. The highest BCUT2D eigenvalue weighted by Crippen LogP contribution is 2.11. The minimum absolute atomic E-state index is 0.0186. The van der Waals surface area contributed by atoms with Gasteiger partial charge in [0.05, 0.1) is 5.56 Å². The van der Waals surface area contributed by atoms with Gasteiger partial charge in [-0.2, -0.15) is 0 Å². The highest BCUT2D eigenvalue weighted by molar-refractivity contribution is 6.04. The summed E-state index contributed by atoms with van der Waals surface area (Å²) in [6.07, 6.45) is 3.09. The van der Waals surface area contributed by atoms with E-state index in [-0.39, 0.29) is 11.7 Å². The maximum absolute atomic E-state index is 11.8. The lowest BCUT2D eigenvalue weighted by Crippen LogP contribution is -2.14. The lowest BCUT2D eigenvalue weighted by Gasteiger charge is -2.05. The van der Waals surface area contributed by atoms with Gasteiger partial charge in [0.2, 0.25) is 0 Å². The first-order valence-corrected chi connectivity index (χ1v) is 5.50. The average molecular weight is 256 g/mol. The fourth-order valence-electron chi connectivity index (χ4n) is 1.48. The number of amidine groups is 1. The molecule has 2 rings (SSSR count). The summed E-state index contributed by atoms with van der Waals surface area (Å²) in [4.78, 5) is 15.7. The molecule has 0 atom stereocenters. The Balaban J connectivity index is 2.10. The molecule has 6 heteroatoms. The van der Waals surface area contributed by atoms with Crippen LogP contribution in [-0.2, 0) is 0 Å². The van der Waals surface area contributed by atoms with E-state index >= 15 is 0 Å². The number of anilines is 1. The number of carbonyl (C=O) groups excluding carboxylic acids is 1. The zero-order valence-corrected chi connectivity index (χ0v) is 9.95. The molecule has 1 amide bonds. The van der Waals surface area contributed by atoms with E-state index in [1.807, 2.05) is 0 Å². The van der Waals surface area contributed by atoms with Gasteiger partial charge in [0, 0.05) is 23.6 Å². The van der Waals surface area contributed by atoms with Crippen LogP contribution >= 0.6 is 0 Å². The Morgan fingerprint density at radius 1 is 1.21 bits per heavy atom. The van der Waals surface area contributed by atoms with Crippen molar-refractivity contribution in [2.45, 2.75) is 0 Å². The second kappa shape index (κ2) is 5.63. The molecular formula is C13H12N4O2. The number of nitrogens with two attached hydrogens (primary N) is 1. The van der Waals surface area contributed by atoms with Gasteiger partial charge in [-0.25, -0.2) is 0 Å². The molecule has 1 aromatic carbocycles. The summed E-state index contributed by atoms with van der Waals surface area (Å²) in [6.45, 7) is 0. The van der Waals surface area contributed by atoms with Crippen LogP contribution in [0.5, 0.6) is 0 Å². The molecule has 0 aliphatic rings. The number of aromatic nitrogens is 1. The molecule has 0 bridgehead atoms. The lowest BCUT2D eigenvalue weighted by molar-refractivity contribution is 0.102. The summed E-state index contributed by atoms with van der Waals surface area (Å²) < 4.78 is 0.